The molecular formula is C30H36BrClN4O4. The van der Waals surface area contributed by atoms with Gasteiger partial charge in [0.15, 0.2) is 5.76 Å². The van der Waals surface area contributed by atoms with Crippen molar-refractivity contribution in [2.45, 2.75) is 37.8 Å². The number of amides is 2. The molecule has 2 aromatic carbocycles. The van der Waals surface area contributed by atoms with Gasteiger partial charge in [0.05, 0.1) is 17.6 Å². The maximum Gasteiger partial charge on any atom is 0.289 e. The van der Waals surface area contributed by atoms with Crippen molar-refractivity contribution in [3.05, 3.63) is 63.3 Å². The second kappa shape index (κ2) is 13.3. The lowest BCUT2D eigenvalue weighted by molar-refractivity contribution is -0.151. The molecule has 1 N–H and O–H groups in total. The summed E-state index contributed by atoms with van der Waals surface area (Å²) in [4.78, 5) is 32.9. The number of anilines is 1. The Morgan fingerprint density at radius 1 is 1.15 bits per heavy atom. The number of piperazine rings is 1. The van der Waals surface area contributed by atoms with E-state index in [0.717, 1.165) is 79.2 Å². The first kappa shape index (κ1) is 28.8. The van der Waals surface area contributed by atoms with Crippen molar-refractivity contribution in [2.75, 3.05) is 57.8 Å². The standard InChI is InChI=1S/C30H36BrClN4O4/c1-39-26-10-9-21(17-24(26)31)18-28-30(38)36(25-7-2-3-8-27(25)40-28)20-29(37)33-11-12-34-13-15-35(16-14-34)23-6-4-5-22(32)19-23/h4-6,9-10,17-19,25,27H,2-3,7-8,11-16,20H2,1H3,(H,33,37)/b28-18-. The van der Waals surface area contributed by atoms with Crippen LogP contribution in [0.25, 0.3) is 6.08 Å². The highest BCUT2D eigenvalue weighted by molar-refractivity contribution is 9.10. The molecular weight excluding hydrogens is 596 g/mol. The number of nitrogens with one attached hydrogen (secondary N) is 1. The Hall–Kier alpha value is -2.75. The molecule has 2 aromatic rings. The molecule has 2 aliphatic heterocycles. The number of rotatable bonds is 8. The first-order valence-electron chi connectivity index (χ1n) is 13.9. The first-order valence-corrected chi connectivity index (χ1v) is 15.1. The minimum absolute atomic E-state index is 0.0373. The summed E-state index contributed by atoms with van der Waals surface area (Å²) in [6, 6.07) is 13.5. The third kappa shape index (κ3) is 6.93. The number of ether oxygens (including phenoxy) is 2. The van der Waals surface area contributed by atoms with E-state index < -0.39 is 0 Å². The predicted molar refractivity (Wildman–Crippen MR) is 161 cm³/mol. The van der Waals surface area contributed by atoms with Gasteiger partial charge in [0.25, 0.3) is 5.91 Å². The van der Waals surface area contributed by atoms with Crippen LogP contribution in [0.3, 0.4) is 0 Å². The average molecular weight is 632 g/mol. The lowest BCUT2D eigenvalue weighted by Gasteiger charge is -2.44. The lowest BCUT2D eigenvalue weighted by Crippen LogP contribution is -2.57. The van der Waals surface area contributed by atoms with Gasteiger partial charge in [-0.3, -0.25) is 14.5 Å². The van der Waals surface area contributed by atoms with Gasteiger partial charge in [0.1, 0.15) is 18.4 Å². The van der Waals surface area contributed by atoms with Crippen molar-refractivity contribution < 1.29 is 19.1 Å². The molecule has 8 nitrogen and oxygen atoms in total. The zero-order valence-corrected chi connectivity index (χ0v) is 25.1. The molecule has 1 aliphatic carbocycles. The number of halogens is 2. The molecule has 214 valence electrons. The van der Waals surface area contributed by atoms with Gasteiger partial charge in [0, 0.05) is 50.0 Å². The number of hydrogen-bond acceptors (Lipinski definition) is 6. The quantitative estimate of drug-likeness (QED) is 0.431. The normalized spacial score (nSPS) is 22.6. The number of hydrogen-bond donors (Lipinski definition) is 1. The van der Waals surface area contributed by atoms with Crippen LogP contribution in [-0.4, -0.2) is 86.7 Å². The van der Waals surface area contributed by atoms with Gasteiger partial charge in [-0.15, -0.1) is 0 Å². The zero-order valence-electron chi connectivity index (χ0n) is 22.8. The van der Waals surface area contributed by atoms with E-state index in [1.807, 2.05) is 36.4 Å². The van der Waals surface area contributed by atoms with Gasteiger partial charge >= 0.3 is 0 Å². The van der Waals surface area contributed by atoms with Crippen LogP contribution in [0.4, 0.5) is 5.69 Å². The summed E-state index contributed by atoms with van der Waals surface area (Å²) in [6.07, 6.45) is 5.47. The molecule has 3 aliphatic rings. The molecule has 0 spiro atoms. The van der Waals surface area contributed by atoms with Crippen LogP contribution in [0.5, 0.6) is 5.75 Å². The Morgan fingerprint density at radius 2 is 1.95 bits per heavy atom. The van der Waals surface area contributed by atoms with Crippen molar-refractivity contribution in [2.24, 2.45) is 0 Å². The minimum atomic E-state index is -0.234. The van der Waals surface area contributed by atoms with Crippen molar-refractivity contribution in [1.29, 1.82) is 0 Å². The highest BCUT2D eigenvalue weighted by Crippen LogP contribution is 2.34. The van der Waals surface area contributed by atoms with E-state index in [4.69, 9.17) is 21.1 Å². The third-order valence-corrected chi connectivity index (χ3v) is 8.76. The van der Waals surface area contributed by atoms with Crippen LogP contribution in [0, 0.1) is 0 Å². The molecule has 40 heavy (non-hydrogen) atoms. The fraction of sp³-hybridized carbons (Fsp3) is 0.467. The molecule has 2 atom stereocenters. The maximum atomic E-state index is 13.5. The monoisotopic (exact) mass is 630 g/mol. The molecule has 2 heterocycles. The Kier molecular flexibility index (Phi) is 9.55. The van der Waals surface area contributed by atoms with Gasteiger partial charge in [-0.2, -0.15) is 0 Å². The van der Waals surface area contributed by atoms with Crippen molar-refractivity contribution in [3.63, 3.8) is 0 Å². The summed E-state index contributed by atoms with van der Waals surface area (Å²) in [6.45, 7) is 5.03. The largest absolute Gasteiger partial charge is 0.496 e. The molecule has 5 rings (SSSR count). The molecule has 3 fully saturated rings. The SMILES string of the molecule is COc1ccc(/C=C2\OC3CCCCC3N(CC(=O)NCCN3CCN(c4cccc(Cl)c4)CC3)C2=O)cc1Br. The van der Waals surface area contributed by atoms with Crippen molar-refractivity contribution >= 4 is 51.1 Å². The van der Waals surface area contributed by atoms with Gasteiger partial charge in [-0.25, -0.2) is 0 Å². The van der Waals surface area contributed by atoms with Gasteiger partial charge in [0.2, 0.25) is 5.91 Å². The van der Waals surface area contributed by atoms with E-state index in [9.17, 15) is 9.59 Å². The molecule has 0 bridgehead atoms. The molecule has 2 unspecified atom stereocenters. The molecule has 0 radical (unpaired) electrons. The number of benzene rings is 2. The van der Waals surface area contributed by atoms with Crippen molar-refractivity contribution in [1.82, 2.24) is 15.1 Å². The van der Waals surface area contributed by atoms with E-state index in [2.05, 4.69) is 37.1 Å². The van der Waals surface area contributed by atoms with Gasteiger partial charge in [-0.05, 0) is 77.2 Å². The fourth-order valence-corrected chi connectivity index (χ4v) is 6.49. The fourth-order valence-electron chi connectivity index (χ4n) is 5.75. The van der Waals surface area contributed by atoms with E-state index in [1.165, 1.54) is 0 Å². The summed E-state index contributed by atoms with van der Waals surface area (Å²) in [7, 11) is 1.61. The number of methoxy groups -OCH3 is 1. The Bertz CT molecular complexity index is 1250. The highest BCUT2D eigenvalue weighted by Gasteiger charge is 2.42. The Morgan fingerprint density at radius 3 is 2.70 bits per heavy atom. The molecule has 10 heteroatoms. The lowest BCUT2D eigenvalue weighted by atomic mass is 9.89. The number of fused-ring (bicyclic) bond motifs is 1. The topological polar surface area (TPSA) is 74.4 Å². The summed E-state index contributed by atoms with van der Waals surface area (Å²) >= 11 is 9.65. The van der Waals surface area contributed by atoms with Crippen LogP contribution in [-0.2, 0) is 14.3 Å². The number of carbonyl (C=O) groups excluding carboxylic acids is 2. The Balaban J connectivity index is 1.15. The molecule has 0 aromatic heterocycles. The minimum Gasteiger partial charge on any atom is -0.496 e. The highest BCUT2D eigenvalue weighted by atomic mass is 79.9. The number of morpholine rings is 1. The molecule has 1 saturated carbocycles. The summed E-state index contributed by atoms with van der Waals surface area (Å²) < 4.78 is 12.3. The number of nitrogens with zero attached hydrogens (tertiary/aromatic N) is 3. The predicted octanol–water partition coefficient (Wildman–Crippen LogP) is 4.56. The van der Waals surface area contributed by atoms with Gasteiger partial charge in [-0.1, -0.05) is 30.2 Å². The molecule has 2 amide bonds. The van der Waals surface area contributed by atoms with Crippen molar-refractivity contribution in [3.8, 4) is 5.75 Å². The van der Waals surface area contributed by atoms with Crippen LogP contribution < -0.4 is 15.0 Å². The first-order chi connectivity index (χ1) is 19.4. The average Bonchev–Trinajstić information content (AvgIpc) is 2.96. The summed E-state index contributed by atoms with van der Waals surface area (Å²) in [5, 5.41) is 3.79. The maximum absolute atomic E-state index is 13.5. The Labute approximate surface area is 249 Å². The summed E-state index contributed by atoms with van der Waals surface area (Å²) in [5.74, 6) is 0.628. The van der Waals surface area contributed by atoms with Crippen LogP contribution in [0.15, 0.2) is 52.7 Å². The number of carbonyl (C=O) groups is 2. The van der Waals surface area contributed by atoms with E-state index >= 15 is 0 Å². The second-order valence-electron chi connectivity index (χ2n) is 10.5. The van der Waals surface area contributed by atoms with Gasteiger partial charge < -0.3 is 24.6 Å². The summed E-state index contributed by atoms with van der Waals surface area (Å²) in [5.41, 5.74) is 1.97. The zero-order chi connectivity index (χ0) is 28.1. The van der Waals surface area contributed by atoms with E-state index in [-0.39, 0.29) is 36.3 Å². The van der Waals surface area contributed by atoms with E-state index in [1.54, 1.807) is 18.1 Å². The third-order valence-electron chi connectivity index (χ3n) is 7.90. The van der Waals surface area contributed by atoms with Crippen LogP contribution in [0.1, 0.15) is 31.2 Å². The smallest absolute Gasteiger partial charge is 0.289 e. The van der Waals surface area contributed by atoms with Crippen LogP contribution >= 0.6 is 27.5 Å². The van der Waals surface area contributed by atoms with E-state index in [0.29, 0.717) is 12.3 Å². The van der Waals surface area contributed by atoms with Crippen LogP contribution in [0.2, 0.25) is 5.02 Å². The molecule has 2 saturated heterocycles. The second-order valence-corrected chi connectivity index (χ2v) is 11.8.